The number of carbonyl (C=O) groups is 1. The molecule has 5 heteroatoms. The highest BCUT2D eigenvalue weighted by molar-refractivity contribution is 5.77. The minimum atomic E-state index is -0.0128. The third-order valence-electron chi connectivity index (χ3n) is 4.46. The molecular weight excluding hydrogens is 242 g/mol. The van der Waals surface area contributed by atoms with Gasteiger partial charge in [0.05, 0.1) is 6.04 Å². The molecule has 2 fully saturated rings. The van der Waals surface area contributed by atoms with E-state index in [-0.39, 0.29) is 11.4 Å². The molecule has 1 atom stereocenters. The molecule has 0 spiro atoms. The molecule has 0 bridgehead atoms. The molecule has 0 saturated carbocycles. The standard InChI is InChI=1S/C14H27N3O2/c1-14(2,9-15)10-17-8-12(16(3)13(17)18)11-4-6-19-7-5-11/h11-12H,4-10,15H2,1-3H3. The van der Waals surface area contributed by atoms with Gasteiger partial charge in [-0.2, -0.15) is 0 Å². The second-order valence-electron chi connectivity index (χ2n) is 6.66. The summed E-state index contributed by atoms with van der Waals surface area (Å²) in [6, 6.07) is 0.489. The SMILES string of the molecule is CN1C(=O)N(CC(C)(C)CN)CC1C1CCOCC1. The van der Waals surface area contributed by atoms with E-state index in [0.29, 0.717) is 18.5 Å². The van der Waals surface area contributed by atoms with E-state index in [9.17, 15) is 4.79 Å². The molecule has 0 aromatic heterocycles. The summed E-state index contributed by atoms with van der Waals surface area (Å²) in [5, 5.41) is 0. The fourth-order valence-corrected chi connectivity index (χ4v) is 3.07. The van der Waals surface area contributed by atoms with E-state index in [0.717, 1.165) is 39.1 Å². The van der Waals surface area contributed by atoms with Crippen molar-refractivity contribution in [3.8, 4) is 0 Å². The van der Waals surface area contributed by atoms with Gasteiger partial charge in [-0.15, -0.1) is 0 Å². The van der Waals surface area contributed by atoms with Crippen molar-refractivity contribution in [2.45, 2.75) is 32.7 Å². The molecule has 2 saturated heterocycles. The maximum Gasteiger partial charge on any atom is 0.320 e. The first-order valence-electron chi connectivity index (χ1n) is 7.24. The first kappa shape index (κ1) is 14.6. The van der Waals surface area contributed by atoms with Gasteiger partial charge in [-0.3, -0.25) is 0 Å². The van der Waals surface area contributed by atoms with Crippen LogP contribution >= 0.6 is 0 Å². The lowest BCUT2D eigenvalue weighted by Crippen LogP contribution is -2.40. The van der Waals surface area contributed by atoms with Gasteiger partial charge in [-0.1, -0.05) is 13.8 Å². The molecule has 0 aromatic carbocycles. The lowest BCUT2D eigenvalue weighted by molar-refractivity contribution is 0.0450. The van der Waals surface area contributed by atoms with E-state index in [4.69, 9.17) is 10.5 Å². The summed E-state index contributed by atoms with van der Waals surface area (Å²) in [5.41, 5.74) is 5.76. The summed E-state index contributed by atoms with van der Waals surface area (Å²) in [6.07, 6.45) is 2.13. The molecule has 2 amide bonds. The molecule has 2 rings (SSSR count). The predicted molar refractivity (Wildman–Crippen MR) is 74.9 cm³/mol. The lowest BCUT2D eigenvalue weighted by Gasteiger charge is -2.30. The Labute approximate surface area is 116 Å². The molecule has 5 nitrogen and oxygen atoms in total. The summed E-state index contributed by atoms with van der Waals surface area (Å²) < 4.78 is 5.41. The van der Waals surface area contributed by atoms with Gasteiger partial charge in [-0.25, -0.2) is 4.79 Å². The number of ether oxygens (including phenoxy) is 1. The molecule has 2 N–H and O–H groups in total. The van der Waals surface area contributed by atoms with Crippen molar-refractivity contribution in [2.24, 2.45) is 17.1 Å². The van der Waals surface area contributed by atoms with Crippen LogP contribution < -0.4 is 5.73 Å². The number of carbonyl (C=O) groups excluding carboxylic acids is 1. The van der Waals surface area contributed by atoms with Crippen LogP contribution in [0, 0.1) is 11.3 Å². The van der Waals surface area contributed by atoms with Crippen LogP contribution in [0.3, 0.4) is 0 Å². The Hall–Kier alpha value is -0.810. The predicted octanol–water partition coefficient (Wildman–Crippen LogP) is 1.13. The van der Waals surface area contributed by atoms with Crippen molar-refractivity contribution in [1.29, 1.82) is 0 Å². The van der Waals surface area contributed by atoms with Crippen molar-refractivity contribution in [2.75, 3.05) is 39.9 Å². The van der Waals surface area contributed by atoms with Gasteiger partial charge in [0.15, 0.2) is 0 Å². The Morgan fingerprint density at radius 3 is 2.58 bits per heavy atom. The van der Waals surface area contributed by atoms with Crippen LogP contribution in [-0.2, 0) is 4.74 Å². The van der Waals surface area contributed by atoms with E-state index in [1.165, 1.54) is 0 Å². The van der Waals surface area contributed by atoms with E-state index in [2.05, 4.69) is 13.8 Å². The van der Waals surface area contributed by atoms with E-state index >= 15 is 0 Å². The molecule has 1 unspecified atom stereocenters. The zero-order valence-electron chi connectivity index (χ0n) is 12.4. The molecule has 2 heterocycles. The van der Waals surface area contributed by atoms with Crippen molar-refractivity contribution in [3.05, 3.63) is 0 Å². The van der Waals surface area contributed by atoms with Crippen LogP contribution in [0.4, 0.5) is 4.79 Å². The molecule has 0 aromatic rings. The molecule has 2 aliphatic heterocycles. The summed E-state index contributed by atoms with van der Waals surface area (Å²) in [7, 11) is 1.93. The average molecular weight is 269 g/mol. The van der Waals surface area contributed by atoms with Gasteiger partial charge < -0.3 is 20.3 Å². The number of amides is 2. The van der Waals surface area contributed by atoms with Crippen molar-refractivity contribution in [3.63, 3.8) is 0 Å². The Morgan fingerprint density at radius 2 is 2.00 bits per heavy atom. The number of urea groups is 1. The fraction of sp³-hybridized carbons (Fsp3) is 0.929. The van der Waals surface area contributed by atoms with Gasteiger partial charge in [-0.05, 0) is 30.7 Å². The van der Waals surface area contributed by atoms with E-state index in [1.807, 2.05) is 16.8 Å². The Balaban J connectivity index is 1.99. The first-order valence-corrected chi connectivity index (χ1v) is 7.24. The Kier molecular flexibility index (Phi) is 4.36. The molecule has 0 radical (unpaired) electrons. The van der Waals surface area contributed by atoms with Gasteiger partial charge in [0.25, 0.3) is 0 Å². The third-order valence-corrected chi connectivity index (χ3v) is 4.46. The smallest absolute Gasteiger partial charge is 0.320 e. The van der Waals surface area contributed by atoms with Crippen LogP contribution in [-0.4, -0.2) is 61.8 Å². The van der Waals surface area contributed by atoms with Crippen LogP contribution in [0.15, 0.2) is 0 Å². The van der Waals surface area contributed by atoms with E-state index < -0.39 is 0 Å². The zero-order chi connectivity index (χ0) is 14.0. The second kappa shape index (κ2) is 5.67. The maximum absolute atomic E-state index is 12.3. The third kappa shape index (κ3) is 3.20. The van der Waals surface area contributed by atoms with Gasteiger partial charge in [0.1, 0.15) is 0 Å². The highest BCUT2D eigenvalue weighted by Crippen LogP contribution is 2.29. The topological polar surface area (TPSA) is 58.8 Å². The molecule has 0 aliphatic carbocycles. The first-order chi connectivity index (χ1) is 8.94. The molecule has 110 valence electrons. The molecule has 2 aliphatic rings. The van der Waals surface area contributed by atoms with Crippen LogP contribution in [0.25, 0.3) is 0 Å². The summed E-state index contributed by atoms with van der Waals surface area (Å²) >= 11 is 0. The van der Waals surface area contributed by atoms with Gasteiger partial charge in [0, 0.05) is 33.4 Å². The van der Waals surface area contributed by atoms with Crippen LogP contribution in [0.2, 0.25) is 0 Å². The summed E-state index contributed by atoms with van der Waals surface area (Å²) in [6.45, 7) is 8.07. The number of nitrogens with zero attached hydrogens (tertiary/aromatic N) is 2. The number of rotatable bonds is 4. The average Bonchev–Trinajstić information content (AvgIpc) is 2.68. The lowest BCUT2D eigenvalue weighted by atomic mass is 9.90. The number of hydrogen-bond acceptors (Lipinski definition) is 3. The number of nitrogens with two attached hydrogens (primary N) is 1. The van der Waals surface area contributed by atoms with Crippen molar-refractivity contribution >= 4 is 6.03 Å². The Morgan fingerprint density at radius 1 is 1.37 bits per heavy atom. The molecular formula is C14H27N3O2. The highest BCUT2D eigenvalue weighted by Gasteiger charge is 2.40. The number of hydrogen-bond donors (Lipinski definition) is 1. The zero-order valence-corrected chi connectivity index (χ0v) is 12.4. The maximum atomic E-state index is 12.3. The number of likely N-dealkylation sites (N-methyl/N-ethyl adjacent to an activating group) is 1. The second-order valence-corrected chi connectivity index (χ2v) is 6.66. The van der Waals surface area contributed by atoms with E-state index in [1.54, 1.807) is 0 Å². The van der Waals surface area contributed by atoms with Crippen molar-refractivity contribution < 1.29 is 9.53 Å². The van der Waals surface area contributed by atoms with Gasteiger partial charge in [0.2, 0.25) is 0 Å². The van der Waals surface area contributed by atoms with Crippen LogP contribution in [0.5, 0.6) is 0 Å². The van der Waals surface area contributed by atoms with Crippen molar-refractivity contribution in [1.82, 2.24) is 9.80 Å². The minimum absolute atomic E-state index is 0.0128. The quantitative estimate of drug-likeness (QED) is 0.832. The Bertz CT molecular complexity index is 327. The fourth-order valence-electron chi connectivity index (χ4n) is 3.07. The molecule has 19 heavy (non-hydrogen) atoms. The largest absolute Gasteiger partial charge is 0.381 e. The summed E-state index contributed by atoms with van der Waals surface area (Å²) in [5.74, 6) is 0.577. The summed E-state index contributed by atoms with van der Waals surface area (Å²) in [4.78, 5) is 16.2. The van der Waals surface area contributed by atoms with Crippen LogP contribution in [0.1, 0.15) is 26.7 Å². The minimum Gasteiger partial charge on any atom is -0.381 e. The normalized spacial score (nSPS) is 26.3. The van der Waals surface area contributed by atoms with Gasteiger partial charge >= 0.3 is 6.03 Å². The highest BCUT2D eigenvalue weighted by atomic mass is 16.5. The monoisotopic (exact) mass is 269 g/mol.